The van der Waals surface area contributed by atoms with Gasteiger partial charge in [-0.25, -0.2) is 4.79 Å². The highest BCUT2D eigenvalue weighted by Gasteiger charge is 2.35. The molecule has 136 valence electrons. The van der Waals surface area contributed by atoms with E-state index in [1.54, 1.807) is 0 Å². The number of hydrogen-bond acceptors (Lipinski definition) is 5. The molecule has 3 rings (SSSR count). The lowest BCUT2D eigenvalue weighted by atomic mass is 10.1. The first-order valence-electron chi connectivity index (χ1n) is 8.50. The fraction of sp³-hybridized carbons (Fsp3) is 0.368. The van der Waals surface area contributed by atoms with Gasteiger partial charge in [-0.3, -0.25) is 19.3 Å². The molecule has 1 heterocycles. The second-order valence-corrected chi connectivity index (χ2v) is 6.54. The Hall–Kier alpha value is -2.96. The van der Waals surface area contributed by atoms with Gasteiger partial charge in [-0.2, -0.15) is 0 Å². The van der Waals surface area contributed by atoms with Gasteiger partial charge in [0.2, 0.25) is 0 Å². The Kier molecular flexibility index (Phi) is 4.88. The van der Waals surface area contributed by atoms with Crippen LogP contribution in [0.4, 0.5) is 0 Å². The lowest BCUT2D eigenvalue weighted by Gasteiger charge is -2.12. The molecule has 0 unspecified atom stereocenters. The number of rotatable bonds is 7. The monoisotopic (exact) mass is 356 g/mol. The Labute approximate surface area is 151 Å². The lowest BCUT2D eigenvalue weighted by Crippen LogP contribution is -2.37. The zero-order chi connectivity index (χ0) is 18.8. The van der Waals surface area contributed by atoms with E-state index in [0.29, 0.717) is 5.92 Å². The average molecular weight is 356 g/mol. The van der Waals surface area contributed by atoms with E-state index >= 15 is 0 Å². The number of amides is 3. The Morgan fingerprint density at radius 2 is 2.00 bits per heavy atom. The van der Waals surface area contributed by atoms with E-state index in [2.05, 4.69) is 11.9 Å². The maximum absolute atomic E-state index is 12.3. The van der Waals surface area contributed by atoms with Gasteiger partial charge >= 0.3 is 5.97 Å². The molecule has 7 nitrogen and oxygen atoms in total. The topological polar surface area (TPSA) is 92.8 Å². The van der Waals surface area contributed by atoms with Gasteiger partial charge in [0, 0.05) is 12.6 Å². The molecule has 1 fully saturated rings. The molecular formula is C19H20N2O5. The Morgan fingerprint density at radius 1 is 1.31 bits per heavy atom. The average Bonchev–Trinajstić information content (AvgIpc) is 3.44. The van der Waals surface area contributed by atoms with E-state index in [1.165, 1.54) is 24.3 Å². The van der Waals surface area contributed by atoms with Gasteiger partial charge in [0.15, 0.2) is 6.61 Å². The van der Waals surface area contributed by atoms with Gasteiger partial charge in [0.1, 0.15) is 0 Å². The summed E-state index contributed by atoms with van der Waals surface area (Å²) in [6, 6.07) is 4.23. The lowest BCUT2D eigenvalue weighted by molar-refractivity contribution is -0.125. The van der Waals surface area contributed by atoms with Crippen LogP contribution >= 0.6 is 0 Å². The molecule has 0 spiro atoms. The van der Waals surface area contributed by atoms with Crippen molar-refractivity contribution in [3.05, 3.63) is 47.5 Å². The summed E-state index contributed by atoms with van der Waals surface area (Å²) in [7, 11) is 0. The first-order valence-corrected chi connectivity index (χ1v) is 8.50. The second kappa shape index (κ2) is 7.11. The minimum atomic E-state index is -0.718. The molecule has 1 aromatic carbocycles. The first-order chi connectivity index (χ1) is 12.4. The van der Waals surface area contributed by atoms with Crippen molar-refractivity contribution in [3.8, 4) is 0 Å². The second-order valence-electron chi connectivity index (χ2n) is 6.54. The van der Waals surface area contributed by atoms with Crippen LogP contribution in [0.25, 0.3) is 0 Å². The van der Waals surface area contributed by atoms with E-state index < -0.39 is 17.8 Å². The standard InChI is InChI=1S/C19H20N2O5/c1-3-8-21-17(23)14-7-6-13(9-15(14)18(21)24)19(25)26-10-16(22)20-11(2)12-4-5-12/h3,6-7,9,11-12H,1,4-5,8,10H2,2H3,(H,20,22)/t11-/m1/s1. The summed E-state index contributed by atoms with van der Waals surface area (Å²) >= 11 is 0. The van der Waals surface area contributed by atoms with Crippen LogP contribution in [0.3, 0.4) is 0 Å². The number of imide groups is 1. The minimum absolute atomic E-state index is 0.0701. The number of carbonyl (C=O) groups is 4. The van der Waals surface area contributed by atoms with E-state index in [4.69, 9.17) is 4.74 Å². The van der Waals surface area contributed by atoms with Crippen LogP contribution in [0.2, 0.25) is 0 Å². The van der Waals surface area contributed by atoms with Crippen molar-refractivity contribution >= 4 is 23.7 Å². The van der Waals surface area contributed by atoms with Crippen molar-refractivity contribution in [1.29, 1.82) is 0 Å². The van der Waals surface area contributed by atoms with Crippen molar-refractivity contribution < 1.29 is 23.9 Å². The van der Waals surface area contributed by atoms with Crippen LogP contribution in [0.1, 0.15) is 50.8 Å². The van der Waals surface area contributed by atoms with Gasteiger partial charge in [0.25, 0.3) is 17.7 Å². The van der Waals surface area contributed by atoms with Crippen molar-refractivity contribution in [2.75, 3.05) is 13.2 Å². The number of fused-ring (bicyclic) bond motifs is 1. The molecule has 1 N–H and O–H groups in total. The summed E-state index contributed by atoms with van der Waals surface area (Å²) in [6.07, 6.45) is 3.66. The number of benzene rings is 1. The SMILES string of the molecule is C=CCN1C(=O)c2ccc(C(=O)OCC(=O)N[C@H](C)C3CC3)cc2C1=O. The molecule has 1 atom stereocenters. The molecule has 3 amide bonds. The van der Waals surface area contributed by atoms with E-state index in [-0.39, 0.29) is 41.8 Å². The van der Waals surface area contributed by atoms with E-state index in [9.17, 15) is 19.2 Å². The zero-order valence-electron chi connectivity index (χ0n) is 14.5. The summed E-state index contributed by atoms with van der Waals surface area (Å²) in [5.41, 5.74) is 0.510. The van der Waals surface area contributed by atoms with Gasteiger partial charge in [-0.1, -0.05) is 6.08 Å². The highest BCUT2D eigenvalue weighted by Crippen LogP contribution is 2.32. The largest absolute Gasteiger partial charge is 0.452 e. The van der Waals surface area contributed by atoms with E-state index in [0.717, 1.165) is 17.7 Å². The van der Waals surface area contributed by atoms with Gasteiger partial charge in [-0.05, 0) is 43.9 Å². The molecular weight excluding hydrogens is 336 g/mol. The zero-order valence-corrected chi connectivity index (χ0v) is 14.5. The van der Waals surface area contributed by atoms with Crippen molar-refractivity contribution in [1.82, 2.24) is 10.2 Å². The van der Waals surface area contributed by atoms with Crippen molar-refractivity contribution in [3.63, 3.8) is 0 Å². The molecule has 2 aliphatic rings. The minimum Gasteiger partial charge on any atom is -0.452 e. The predicted octanol–water partition coefficient (Wildman–Crippen LogP) is 1.54. The summed E-state index contributed by atoms with van der Waals surface area (Å²) in [6.45, 7) is 5.16. The highest BCUT2D eigenvalue weighted by molar-refractivity contribution is 6.22. The Balaban J connectivity index is 1.62. The van der Waals surface area contributed by atoms with Crippen molar-refractivity contribution in [2.24, 2.45) is 5.92 Å². The smallest absolute Gasteiger partial charge is 0.338 e. The summed E-state index contributed by atoms with van der Waals surface area (Å²) in [4.78, 5) is 49.4. The summed E-state index contributed by atoms with van der Waals surface area (Å²) < 4.78 is 5.01. The van der Waals surface area contributed by atoms with Gasteiger partial charge in [0.05, 0.1) is 16.7 Å². The molecule has 1 aliphatic carbocycles. The molecule has 1 saturated carbocycles. The van der Waals surface area contributed by atoms with Gasteiger partial charge < -0.3 is 10.1 Å². The van der Waals surface area contributed by atoms with Crippen LogP contribution in [0, 0.1) is 5.92 Å². The number of nitrogens with zero attached hydrogens (tertiary/aromatic N) is 1. The number of esters is 1. The van der Waals surface area contributed by atoms with Crippen LogP contribution in [0.5, 0.6) is 0 Å². The normalized spacial score (nSPS) is 16.9. The number of ether oxygens (including phenoxy) is 1. The Bertz CT molecular complexity index is 797. The van der Waals surface area contributed by atoms with Crippen LogP contribution in [0.15, 0.2) is 30.9 Å². The van der Waals surface area contributed by atoms with Gasteiger partial charge in [-0.15, -0.1) is 6.58 Å². The fourth-order valence-corrected chi connectivity index (χ4v) is 2.94. The molecule has 0 radical (unpaired) electrons. The fourth-order valence-electron chi connectivity index (χ4n) is 2.94. The van der Waals surface area contributed by atoms with Crippen molar-refractivity contribution in [2.45, 2.75) is 25.8 Å². The molecule has 1 aliphatic heterocycles. The third kappa shape index (κ3) is 3.51. The number of nitrogens with one attached hydrogen (secondary N) is 1. The molecule has 0 saturated heterocycles. The molecule has 7 heteroatoms. The first kappa shape index (κ1) is 17.8. The molecule has 1 aromatic rings. The quantitative estimate of drug-likeness (QED) is 0.454. The Morgan fingerprint density at radius 3 is 2.65 bits per heavy atom. The summed E-state index contributed by atoms with van der Waals surface area (Å²) in [5.74, 6) is -1.46. The molecule has 0 aromatic heterocycles. The summed E-state index contributed by atoms with van der Waals surface area (Å²) in [5, 5.41) is 2.79. The van der Waals surface area contributed by atoms with E-state index in [1.807, 2.05) is 6.92 Å². The molecule has 26 heavy (non-hydrogen) atoms. The third-order valence-corrected chi connectivity index (χ3v) is 4.57. The van der Waals surface area contributed by atoms with Crippen LogP contribution < -0.4 is 5.32 Å². The highest BCUT2D eigenvalue weighted by atomic mass is 16.5. The number of hydrogen-bond donors (Lipinski definition) is 1. The molecule has 0 bridgehead atoms. The predicted molar refractivity (Wildman–Crippen MR) is 92.6 cm³/mol. The maximum atomic E-state index is 12.3. The third-order valence-electron chi connectivity index (χ3n) is 4.57. The van der Waals surface area contributed by atoms with Crippen LogP contribution in [-0.4, -0.2) is 47.8 Å². The van der Waals surface area contributed by atoms with Crippen LogP contribution in [-0.2, 0) is 9.53 Å². The maximum Gasteiger partial charge on any atom is 0.338 e. The number of carbonyl (C=O) groups excluding carboxylic acids is 4.